The predicted molar refractivity (Wildman–Crippen MR) is 98.6 cm³/mol. The maximum Gasteiger partial charge on any atom is 0.168 e. The quantitative estimate of drug-likeness (QED) is 0.703. The molecule has 4 rings (SSSR count). The van der Waals surface area contributed by atoms with Crippen molar-refractivity contribution in [3.8, 4) is 5.69 Å². The van der Waals surface area contributed by atoms with Gasteiger partial charge in [-0.2, -0.15) is 5.10 Å². The van der Waals surface area contributed by atoms with Crippen LogP contribution in [0.3, 0.4) is 0 Å². The third-order valence-electron chi connectivity index (χ3n) is 4.46. The van der Waals surface area contributed by atoms with E-state index in [4.69, 9.17) is 16.3 Å². The van der Waals surface area contributed by atoms with Crippen molar-refractivity contribution in [1.82, 2.24) is 19.7 Å². The van der Waals surface area contributed by atoms with Crippen LogP contribution in [0.5, 0.6) is 0 Å². The molecule has 130 valence electrons. The molecule has 2 atom stereocenters. The van der Waals surface area contributed by atoms with Gasteiger partial charge in [0.15, 0.2) is 5.65 Å². The summed E-state index contributed by atoms with van der Waals surface area (Å²) in [6, 6.07) is 5.77. The molecule has 1 saturated heterocycles. The summed E-state index contributed by atoms with van der Waals surface area (Å²) in [5.74, 6) is 0.901. The molecule has 3 heterocycles. The van der Waals surface area contributed by atoms with Crippen molar-refractivity contribution in [2.24, 2.45) is 0 Å². The SMILES string of the molecule is Cc1ccc(Cl)cc1-n1ncc2c(N3C[C@@H](C)O[C@@H](C)C3)ncnc21. The topological polar surface area (TPSA) is 56.1 Å². The van der Waals surface area contributed by atoms with Gasteiger partial charge in [0.25, 0.3) is 0 Å². The number of halogens is 1. The van der Waals surface area contributed by atoms with Gasteiger partial charge >= 0.3 is 0 Å². The number of morpholine rings is 1. The highest BCUT2D eigenvalue weighted by atomic mass is 35.5. The van der Waals surface area contributed by atoms with E-state index in [-0.39, 0.29) is 12.2 Å². The Hall–Kier alpha value is -2.18. The number of hydrogen-bond acceptors (Lipinski definition) is 5. The van der Waals surface area contributed by atoms with Gasteiger partial charge < -0.3 is 9.64 Å². The van der Waals surface area contributed by atoms with Gasteiger partial charge in [0.2, 0.25) is 0 Å². The van der Waals surface area contributed by atoms with Gasteiger partial charge in [-0.3, -0.25) is 0 Å². The Morgan fingerprint density at radius 1 is 1.16 bits per heavy atom. The molecule has 1 aliphatic heterocycles. The number of fused-ring (bicyclic) bond motifs is 1. The molecule has 25 heavy (non-hydrogen) atoms. The molecule has 0 N–H and O–H groups in total. The number of rotatable bonds is 2. The van der Waals surface area contributed by atoms with E-state index in [1.165, 1.54) is 0 Å². The van der Waals surface area contributed by atoms with E-state index in [0.717, 1.165) is 41.2 Å². The van der Waals surface area contributed by atoms with Crippen molar-refractivity contribution in [2.45, 2.75) is 33.0 Å². The Balaban J connectivity index is 1.82. The van der Waals surface area contributed by atoms with Crippen LogP contribution in [0.15, 0.2) is 30.7 Å². The summed E-state index contributed by atoms with van der Waals surface area (Å²) in [6.45, 7) is 7.81. The first kappa shape index (κ1) is 16.3. The molecule has 7 heteroatoms. The van der Waals surface area contributed by atoms with Crippen LogP contribution in [0, 0.1) is 6.92 Å². The highest BCUT2D eigenvalue weighted by molar-refractivity contribution is 6.30. The second-order valence-corrected chi connectivity index (χ2v) is 7.02. The number of ether oxygens (including phenoxy) is 1. The van der Waals surface area contributed by atoms with Gasteiger partial charge in [-0.15, -0.1) is 0 Å². The lowest BCUT2D eigenvalue weighted by molar-refractivity contribution is -0.00537. The van der Waals surface area contributed by atoms with Crippen LogP contribution in [0.25, 0.3) is 16.7 Å². The minimum Gasteiger partial charge on any atom is -0.372 e. The molecule has 2 aromatic heterocycles. The Bertz CT molecular complexity index is 915. The standard InChI is InChI=1S/C18H20ClN5O/c1-11-4-5-14(19)6-16(11)24-18-15(7-22-24)17(20-10-21-18)23-8-12(2)25-13(3)9-23/h4-7,10,12-13H,8-9H2,1-3H3/t12-,13+. The maximum absolute atomic E-state index is 6.17. The Morgan fingerprint density at radius 2 is 1.92 bits per heavy atom. The first-order valence-electron chi connectivity index (χ1n) is 8.38. The molecule has 0 bridgehead atoms. The van der Waals surface area contributed by atoms with Crippen LogP contribution in [0.1, 0.15) is 19.4 Å². The number of aryl methyl sites for hydroxylation is 1. The zero-order valence-electron chi connectivity index (χ0n) is 14.5. The van der Waals surface area contributed by atoms with Crippen molar-refractivity contribution in [1.29, 1.82) is 0 Å². The van der Waals surface area contributed by atoms with Crippen molar-refractivity contribution in [3.05, 3.63) is 41.3 Å². The van der Waals surface area contributed by atoms with E-state index in [1.807, 2.05) is 36.0 Å². The van der Waals surface area contributed by atoms with Crippen LogP contribution in [-0.2, 0) is 4.74 Å². The number of nitrogens with zero attached hydrogens (tertiary/aromatic N) is 5. The maximum atomic E-state index is 6.17. The molecule has 0 spiro atoms. The molecule has 1 fully saturated rings. The van der Waals surface area contributed by atoms with Crippen LogP contribution in [0.2, 0.25) is 5.02 Å². The molecule has 1 aliphatic rings. The molecule has 0 amide bonds. The average Bonchev–Trinajstić information content (AvgIpc) is 3.00. The van der Waals surface area contributed by atoms with Gasteiger partial charge in [0, 0.05) is 18.1 Å². The van der Waals surface area contributed by atoms with E-state index in [2.05, 4.69) is 33.8 Å². The summed E-state index contributed by atoms with van der Waals surface area (Å²) in [5.41, 5.74) is 2.79. The Kier molecular flexibility index (Phi) is 4.09. The molecule has 3 aromatic rings. The van der Waals surface area contributed by atoms with E-state index >= 15 is 0 Å². The lowest BCUT2D eigenvalue weighted by Crippen LogP contribution is -2.45. The van der Waals surface area contributed by atoms with Crippen LogP contribution in [0.4, 0.5) is 5.82 Å². The highest BCUT2D eigenvalue weighted by Crippen LogP contribution is 2.28. The summed E-state index contributed by atoms with van der Waals surface area (Å²) in [6.07, 6.45) is 3.76. The van der Waals surface area contributed by atoms with Crippen molar-refractivity contribution >= 4 is 28.5 Å². The van der Waals surface area contributed by atoms with Gasteiger partial charge in [-0.25, -0.2) is 14.6 Å². The first-order valence-corrected chi connectivity index (χ1v) is 8.76. The number of hydrogen-bond donors (Lipinski definition) is 0. The molecule has 6 nitrogen and oxygen atoms in total. The van der Waals surface area contributed by atoms with Crippen molar-refractivity contribution in [3.63, 3.8) is 0 Å². The smallest absolute Gasteiger partial charge is 0.168 e. The van der Waals surface area contributed by atoms with Gasteiger partial charge in [-0.1, -0.05) is 17.7 Å². The Labute approximate surface area is 151 Å². The fourth-order valence-electron chi connectivity index (χ4n) is 3.42. The van der Waals surface area contributed by atoms with Crippen LogP contribution in [-0.4, -0.2) is 45.0 Å². The summed E-state index contributed by atoms with van der Waals surface area (Å²) in [5, 5.41) is 6.17. The van der Waals surface area contributed by atoms with E-state index < -0.39 is 0 Å². The fourth-order valence-corrected chi connectivity index (χ4v) is 3.59. The summed E-state index contributed by atoms with van der Waals surface area (Å²) >= 11 is 6.17. The molecule has 0 aliphatic carbocycles. The van der Waals surface area contributed by atoms with Crippen LogP contribution < -0.4 is 4.90 Å². The molecule has 1 aromatic carbocycles. The minimum atomic E-state index is 0.166. The van der Waals surface area contributed by atoms with Crippen molar-refractivity contribution < 1.29 is 4.74 Å². The normalized spacial score (nSPS) is 21.0. The van der Waals surface area contributed by atoms with Gasteiger partial charge in [-0.05, 0) is 38.5 Å². The predicted octanol–water partition coefficient (Wildman–Crippen LogP) is 3.39. The average molecular weight is 358 g/mol. The summed E-state index contributed by atoms with van der Waals surface area (Å²) in [7, 11) is 0. The number of aromatic nitrogens is 4. The van der Waals surface area contributed by atoms with Crippen LogP contribution >= 0.6 is 11.6 Å². The largest absolute Gasteiger partial charge is 0.372 e. The lowest BCUT2D eigenvalue weighted by Gasteiger charge is -2.36. The molecule has 0 unspecified atom stereocenters. The van der Waals surface area contributed by atoms with Gasteiger partial charge in [0.05, 0.1) is 29.5 Å². The zero-order chi connectivity index (χ0) is 17.6. The monoisotopic (exact) mass is 357 g/mol. The first-order chi connectivity index (χ1) is 12.0. The number of anilines is 1. The van der Waals surface area contributed by atoms with E-state index in [9.17, 15) is 0 Å². The van der Waals surface area contributed by atoms with E-state index in [1.54, 1.807) is 6.33 Å². The Morgan fingerprint density at radius 3 is 2.68 bits per heavy atom. The fraction of sp³-hybridized carbons (Fsp3) is 0.389. The molecule has 0 saturated carbocycles. The number of benzene rings is 1. The third kappa shape index (κ3) is 2.96. The molecular formula is C18H20ClN5O. The summed E-state index contributed by atoms with van der Waals surface area (Å²) in [4.78, 5) is 11.2. The molecular weight excluding hydrogens is 338 g/mol. The second-order valence-electron chi connectivity index (χ2n) is 6.58. The lowest BCUT2D eigenvalue weighted by atomic mass is 10.2. The summed E-state index contributed by atoms with van der Waals surface area (Å²) < 4.78 is 7.66. The van der Waals surface area contributed by atoms with Gasteiger partial charge in [0.1, 0.15) is 12.1 Å². The highest BCUT2D eigenvalue weighted by Gasteiger charge is 2.25. The van der Waals surface area contributed by atoms with E-state index in [0.29, 0.717) is 5.02 Å². The third-order valence-corrected chi connectivity index (χ3v) is 4.70. The zero-order valence-corrected chi connectivity index (χ0v) is 15.2. The second kappa shape index (κ2) is 6.28. The minimum absolute atomic E-state index is 0.166. The van der Waals surface area contributed by atoms with Crippen molar-refractivity contribution in [2.75, 3.05) is 18.0 Å². The molecule has 0 radical (unpaired) electrons.